The fourth-order valence-corrected chi connectivity index (χ4v) is 2.35. The first-order valence-electron chi connectivity index (χ1n) is 5.03. The molecule has 2 rings (SSSR count). The largest absolute Gasteiger partial charge is 0.478 e. The smallest absolute Gasteiger partial charge is 0.348 e. The number of rotatable bonds is 3. The van der Waals surface area contributed by atoms with Gasteiger partial charge >= 0.3 is 11.9 Å². The molecule has 1 heterocycles. The van der Waals surface area contributed by atoms with E-state index in [4.69, 9.17) is 10.2 Å². The first-order valence-corrected chi connectivity index (χ1v) is 5.85. The van der Waals surface area contributed by atoms with Gasteiger partial charge < -0.3 is 10.2 Å². The molecule has 0 aliphatic heterocycles. The van der Waals surface area contributed by atoms with E-state index in [-0.39, 0.29) is 10.4 Å². The van der Waals surface area contributed by atoms with Gasteiger partial charge in [-0.3, -0.25) is 0 Å². The Morgan fingerprint density at radius 1 is 1.22 bits per heavy atom. The molecule has 0 unspecified atom stereocenters. The number of benzene rings is 1. The number of carbonyl (C=O) groups is 2. The minimum absolute atomic E-state index is 0.106. The number of aromatic carboxylic acids is 2. The second-order valence-electron chi connectivity index (χ2n) is 3.60. The van der Waals surface area contributed by atoms with E-state index in [2.05, 4.69) is 4.98 Å². The van der Waals surface area contributed by atoms with E-state index in [0.717, 1.165) is 11.3 Å². The van der Waals surface area contributed by atoms with Gasteiger partial charge in [0.15, 0.2) is 0 Å². The number of carboxylic acids is 2. The highest BCUT2D eigenvalue weighted by atomic mass is 32.1. The zero-order chi connectivity index (χ0) is 13.3. The average molecular weight is 263 g/mol. The van der Waals surface area contributed by atoms with Crippen LogP contribution >= 0.6 is 11.3 Å². The highest BCUT2D eigenvalue weighted by Crippen LogP contribution is 2.28. The maximum Gasteiger partial charge on any atom is 0.348 e. The number of hydrogen-bond acceptors (Lipinski definition) is 4. The maximum absolute atomic E-state index is 11.1. The molecule has 0 amide bonds. The van der Waals surface area contributed by atoms with Crippen LogP contribution in [0.4, 0.5) is 0 Å². The Kier molecular flexibility index (Phi) is 3.12. The molecule has 2 aromatic rings. The lowest BCUT2D eigenvalue weighted by molar-refractivity contribution is 0.0689. The highest BCUT2D eigenvalue weighted by molar-refractivity contribution is 7.14. The van der Waals surface area contributed by atoms with E-state index in [9.17, 15) is 9.59 Å². The summed E-state index contributed by atoms with van der Waals surface area (Å²) in [6.45, 7) is 1.71. The summed E-state index contributed by atoms with van der Waals surface area (Å²) in [5, 5.41) is 18.6. The fourth-order valence-electron chi connectivity index (χ4n) is 1.57. The minimum atomic E-state index is -1.06. The van der Waals surface area contributed by atoms with Crippen LogP contribution in [-0.2, 0) is 0 Å². The Bertz CT molecular complexity index is 633. The Labute approximate surface area is 106 Å². The third-order valence-electron chi connectivity index (χ3n) is 2.31. The van der Waals surface area contributed by atoms with Crippen molar-refractivity contribution in [2.24, 2.45) is 0 Å². The molecular formula is C12H9NO4S. The van der Waals surface area contributed by atoms with Gasteiger partial charge in [-0.25, -0.2) is 14.6 Å². The third kappa shape index (κ3) is 2.23. The molecule has 5 nitrogen and oxygen atoms in total. The Hall–Kier alpha value is -2.21. The molecule has 92 valence electrons. The van der Waals surface area contributed by atoms with E-state index >= 15 is 0 Å². The van der Waals surface area contributed by atoms with E-state index in [1.807, 2.05) is 0 Å². The van der Waals surface area contributed by atoms with Crippen LogP contribution in [0.3, 0.4) is 0 Å². The highest BCUT2D eigenvalue weighted by Gasteiger charge is 2.18. The first kappa shape index (κ1) is 12.3. The van der Waals surface area contributed by atoms with Gasteiger partial charge in [0.2, 0.25) is 0 Å². The van der Waals surface area contributed by atoms with Crippen molar-refractivity contribution in [2.75, 3.05) is 0 Å². The maximum atomic E-state index is 11.1. The summed E-state index contributed by atoms with van der Waals surface area (Å²) in [6.07, 6.45) is 0. The molecule has 0 spiro atoms. The van der Waals surface area contributed by atoms with Crippen molar-refractivity contribution in [1.29, 1.82) is 0 Å². The van der Waals surface area contributed by atoms with Gasteiger partial charge in [-0.15, -0.1) is 11.3 Å². The first-order chi connectivity index (χ1) is 8.49. The number of aryl methyl sites for hydroxylation is 1. The summed E-state index contributed by atoms with van der Waals surface area (Å²) in [6, 6.07) is 6.08. The van der Waals surface area contributed by atoms with Gasteiger partial charge in [0, 0.05) is 5.56 Å². The number of aromatic nitrogens is 1. The predicted octanol–water partition coefficient (Wildman–Crippen LogP) is 2.51. The van der Waals surface area contributed by atoms with Crippen LogP contribution in [-0.4, -0.2) is 27.1 Å². The van der Waals surface area contributed by atoms with Crippen LogP contribution in [0.15, 0.2) is 24.3 Å². The fraction of sp³-hybridized carbons (Fsp3) is 0.0833. The van der Waals surface area contributed by atoms with Gasteiger partial charge in [0.1, 0.15) is 4.88 Å². The molecule has 0 saturated carbocycles. The van der Waals surface area contributed by atoms with Crippen molar-refractivity contribution in [1.82, 2.24) is 4.98 Å². The van der Waals surface area contributed by atoms with Gasteiger partial charge in [0.05, 0.1) is 16.3 Å². The van der Waals surface area contributed by atoms with Crippen molar-refractivity contribution in [3.63, 3.8) is 0 Å². The molecule has 0 atom stereocenters. The normalized spacial score (nSPS) is 10.3. The van der Waals surface area contributed by atoms with Crippen molar-refractivity contribution < 1.29 is 19.8 Å². The van der Waals surface area contributed by atoms with Crippen molar-refractivity contribution in [2.45, 2.75) is 6.92 Å². The lowest BCUT2D eigenvalue weighted by atomic mass is 10.1. The second kappa shape index (κ2) is 4.58. The molecule has 0 aliphatic rings. The van der Waals surface area contributed by atoms with Crippen LogP contribution in [0.1, 0.15) is 25.0 Å². The molecule has 0 aliphatic carbocycles. The van der Waals surface area contributed by atoms with Gasteiger partial charge in [-0.05, 0) is 19.1 Å². The van der Waals surface area contributed by atoms with Gasteiger partial charge in [-0.2, -0.15) is 0 Å². The van der Waals surface area contributed by atoms with Crippen molar-refractivity contribution >= 4 is 23.3 Å². The number of carboxylic acid groups (broad SMARTS) is 2. The monoisotopic (exact) mass is 263 g/mol. The average Bonchev–Trinajstić information content (AvgIpc) is 2.72. The minimum Gasteiger partial charge on any atom is -0.478 e. The van der Waals surface area contributed by atoms with Gasteiger partial charge in [-0.1, -0.05) is 12.1 Å². The van der Waals surface area contributed by atoms with Crippen LogP contribution in [0.2, 0.25) is 0 Å². The Morgan fingerprint density at radius 2 is 1.94 bits per heavy atom. The predicted molar refractivity (Wildman–Crippen MR) is 66.2 cm³/mol. The Balaban J connectivity index is 2.58. The summed E-state index contributed by atoms with van der Waals surface area (Å²) < 4.78 is 0. The molecular weight excluding hydrogens is 254 g/mol. The summed E-state index contributed by atoms with van der Waals surface area (Å²) >= 11 is 1.07. The van der Waals surface area contributed by atoms with Crippen LogP contribution in [0, 0.1) is 6.92 Å². The molecule has 0 bridgehead atoms. The SMILES string of the molecule is Cc1nc(-c2cccc(C(=O)O)c2)c(C(=O)O)s1. The molecule has 2 N–H and O–H groups in total. The van der Waals surface area contributed by atoms with E-state index < -0.39 is 11.9 Å². The zero-order valence-corrected chi connectivity index (χ0v) is 10.2. The molecule has 0 radical (unpaired) electrons. The van der Waals surface area contributed by atoms with Crippen LogP contribution in [0.5, 0.6) is 0 Å². The lowest BCUT2D eigenvalue weighted by Gasteiger charge is -2.00. The van der Waals surface area contributed by atoms with Crippen molar-refractivity contribution in [3.05, 3.63) is 39.7 Å². The molecule has 1 aromatic carbocycles. The summed E-state index contributed by atoms with van der Waals surface area (Å²) in [7, 11) is 0. The van der Waals surface area contributed by atoms with Crippen molar-refractivity contribution in [3.8, 4) is 11.3 Å². The summed E-state index contributed by atoms with van der Waals surface area (Å²) in [5.74, 6) is -2.11. The number of hydrogen-bond donors (Lipinski definition) is 2. The standard InChI is InChI=1S/C12H9NO4S/c1-6-13-9(10(18-6)12(16)17)7-3-2-4-8(5-7)11(14)15/h2-5H,1H3,(H,14,15)(H,16,17). The van der Waals surface area contributed by atoms with E-state index in [0.29, 0.717) is 16.3 Å². The van der Waals surface area contributed by atoms with Crippen LogP contribution in [0.25, 0.3) is 11.3 Å². The van der Waals surface area contributed by atoms with Gasteiger partial charge in [0.25, 0.3) is 0 Å². The number of thiazole rings is 1. The molecule has 1 aromatic heterocycles. The Morgan fingerprint density at radius 3 is 2.56 bits per heavy atom. The van der Waals surface area contributed by atoms with E-state index in [1.54, 1.807) is 19.1 Å². The molecule has 18 heavy (non-hydrogen) atoms. The number of nitrogens with zero attached hydrogens (tertiary/aromatic N) is 1. The van der Waals surface area contributed by atoms with Crippen LogP contribution < -0.4 is 0 Å². The summed E-state index contributed by atoms with van der Waals surface area (Å²) in [5.41, 5.74) is 0.916. The molecule has 0 saturated heterocycles. The lowest BCUT2D eigenvalue weighted by Crippen LogP contribution is -1.98. The molecule has 6 heteroatoms. The topological polar surface area (TPSA) is 87.5 Å². The zero-order valence-electron chi connectivity index (χ0n) is 9.38. The quantitative estimate of drug-likeness (QED) is 0.888. The third-order valence-corrected chi connectivity index (χ3v) is 3.27. The molecule has 0 fully saturated rings. The second-order valence-corrected chi connectivity index (χ2v) is 4.80. The summed E-state index contributed by atoms with van der Waals surface area (Å²) in [4.78, 5) is 26.2. The van der Waals surface area contributed by atoms with E-state index in [1.165, 1.54) is 12.1 Å².